The zero-order valence-corrected chi connectivity index (χ0v) is 18.1. The molecule has 0 spiro atoms. The predicted molar refractivity (Wildman–Crippen MR) is 125 cm³/mol. The second-order valence-electron chi connectivity index (χ2n) is 8.03. The monoisotopic (exact) mass is 412 g/mol. The number of rotatable bonds is 8. The van der Waals surface area contributed by atoms with Gasteiger partial charge >= 0.3 is 0 Å². The van der Waals surface area contributed by atoms with Crippen molar-refractivity contribution in [3.05, 3.63) is 106 Å². The molecule has 0 unspecified atom stereocenters. The largest absolute Gasteiger partial charge is 0.372 e. The molecule has 158 valence electrons. The highest BCUT2D eigenvalue weighted by molar-refractivity contribution is 5.90. The van der Waals surface area contributed by atoms with Crippen LogP contribution in [0.4, 0.5) is 0 Å². The van der Waals surface area contributed by atoms with E-state index < -0.39 is 0 Å². The molecule has 1 aromatic heterocycles. The average molecular weight is 413 g/mol. The topological polar surface area (TPSA) is 54.1 Å². The Morgan fingerprint density at radius 3 is 2.29 bits per heavy atom. The number of carbonyl (C=O) groups excluding carboxylic acids is 1. The lowest BCUT2D eigenvalue weighted by molar-refractivity contribution is -0.120. The minimum atomic E-state index is 0.0285. The number of carbonyl (C=O) groups is 1. The van der Waals surface area contributed by atoms with Crippen molar-refractivity contribution in [1.82, 2.24) is 10.3 Å². The quantitative estimate of drug-likeness (QED) is 0.409. The maximum absolute atomic E-state index is 12.6. The van der Waals surface area contributed by atoms with E-state index in [9.17, 15) is 4.79 Å². The van der Waals surface area contributed by atoms with E-state index in [0.29, 0.717) is 26.2 Å². The maximum Gasteiger partial charge on any atom is 0.224 e. The van der Waals surface area contributed by atoms with Crippen LogP contribution in [0.15, 0.2) is 72.8 Å². The minimum absolute atomic E-state index is 0.0285. The molecule has 2 N–H and O–H groups in total. The van der Waals surface area contributed by atoms with Crippen LogP contribution in [0.5, 0.6) is 0 Å². The molecule has 0 bridgehead atoms. The summed E-state index contributed by atoms with van der Waals surface area (Å²) in [5.74, 6) is 0.0285. The van der Waals surface area contributed by atoms with Gasteiger partial charge in [0.1, 0.15) is 0 Å². The normalized spacial score (nSPS) is 11.0. The fraction of sp³-hybridized carbons (Fsp3) is 0.222. The SMILES string of the molecule is Cc1ccc2[nH]c(C)c(CC(=O)NCc3ccc(COCc4ccccc4)cc3)c2c1. The molecule has 0 aliphatic rings. The molecule has 1 heterocycles. The highest BCUT2D eigenvalue weighted by Crippen LogP contribution is 2.23. The summed E-state index contributed by atoms with van der Waals surface area (Å²) < 4.78 is 5.78. The number of aromatic nitrogens is 1. The molecule has 0 aliphatic carbocycles. The van der Waals surface area contributed by atoms with Crippen molar-refractivity contribution in [2.24, 2.45) is 0 Å². The third-order valence-electron chi connectivity index (χ3n) is 5.51. The molecule has 1 amide bonds. The summed E-state index contributed by atoms with van der Waals surface area (Å²) in [4.78, 5) is 15.9. The molecule has 0 aliphatic heterocycles. The Morgan fingerprint density at radius 1 is 0.871 bits per heavy atom. The number of hydrogen-bond acceptors (Lipinski definition) is 2. The van der Waals surface area contributed by atoms with Crippen molar-refractivity contribution in [3.8, 4) is 0 Å². The van der Waals surface area contributed by atoms with Crippen LogP contribution in [0.2, 0.25) is 0 Å². The number of nitrogens with one attached hydrogen (secondary N) is 2. The fourth-order valence-electron chi connectivity index (χ4n) is 3.76. The van der Waals surface area contributed by atoms with E-state index in [4.69, 9.17) is 4.74 Å². The summed E-state index contributed by atoms with van der Waals surface area (Å²) >= 11 is 0. The third-order valence-corrected chi connectivity index (χ3v) is 5.51. The molecule has 0 saturated carbocycles. The summed E-state index contributed by atoms with van der Waals surface area (Å²) in [5.41, 5.74) is 7.76. The molecule has 3 aromatic carbocycles. The average Bonchev–Trinajstić information content (AvgIpc) is 3.08. The van der Waals surface area contributed by atoms with Gasteiger partial charge in [-0.2, -0.15) is 0 Å². The van der Waals surface area contributed by atoms with Gasteiger partial charge in [0, 0.05) is 23.1 Å². The Bertz CT molecular complexity index is 1160. The zero-order valence-electron chi connectivity index (χ0n) is 18.1. The van der Waals surface area contributed by atoms with Gasteiger partial charge in [-0.1, -0.05) is 66.2 Å². The van der Waals surface area contributed by atoms with Gasteiger partial charge in [-0.05, 0) is 48.2 Å². The lowest BCUT2D eigenvalue weighted by Gasteiger charge is -2.08. The zero-order chi connectivity index (χ0) is 21.6. The second kappa shape index (κ2) is 9.63. The first-order valence-corrected chi connectivity index (χ1v) is 10.6. The lowest BCUT2D eigenvalue weighted by Crippen LogP contribution is -2.24. The molecule has 4 nitrogen and oxygen atoms in total. The molecule has 0 atom stereocenters. The molecule has 0 fully saturated rings. The first kappa shape index (κ1) is 20.9. The van der Waals surface area contributed by atoms with Crippen LogP contribution in [0.25, 0.3) is 10.9 Å². The van der Waals surface area contributed by atoms with Crippen LogP contribution in [0, 0.1) is 13.8 Å². The first-order valence-electron chi connectivity index (χ1n) is 10.6. The van der Waals surface area contributed by atoms with Gasteiger partial charge in [0.05, 0.1) is 19.6 Å². The Labute approximate surface area is 183 Å². The summed E-state index contributed by atoms with van der Waals surface area (Å²) in [5, 5.41) is 4.18. The Hall–Kier alpha value is -3.37. The highest BCUT2D eigenvalue weighted by atomic mass is 16.5. The van der Waals surface area contributed by atoms with E-state index in [2.05, 4.69) is 59.7 Å². The molecule has 4 heteroatoms. The summed E-state index contributed by atoms with van der Waals surface area (Å²) in [7, 11) is 0. The molecule has 4 rings (SSSR count). The van der Waals surface area contributed by atoms with Crippen molar-refractivity contribution >= 4 is 16.8 Å². The third kappa shape index (κ3) is 5.41. The molecule has 0 saturated heterocycles. The summed E-state index contributed by atoms with van der Waals surface area (Å²) in [6.45, 7) is 5.79. The number of aromatic amines is 1. The van der Waals surface area contributed by atoms with Gasteiger partial charge in [0.2, 0.25) is 5.91 Å². The molecular formula is C27H28N2O2. The van der Waals surface area contributed by atoms with Crippen LogP contribution in [0.3, 0.4) is 0 Å². The van der Waals surface area contributed by atoms with Crippen LogP contribution in [0.1, 0.15) is 33.5 Å². The van der Waals surface area contributed by atoms with Crippen LogP contribution < -0.4 is 5.32 Å². The molecule has 31 heavy (non-hydrogen) atoms. The van der Waals surface area contributed by atoms with E-state index in [-0.39, 0.29) is 5.91 Å². The highest BCUT2D eigenvalue weighted by Gasteiger charge is 2.12. The Morgan fingerprint density at radius 2 is 1.55 bits per heavy atom. The van der Waals surface area contributed by atoms with Gasteiger partial charge < -0.3 is 15.0 Å². The number of H-pyrrole nitrogens is 1. The second-order valence-corrected chi connectivity index (χ2v) is 8.03. The summed E-state index contributed by atoms with van der Waals surface area (Å²) in [6.07, 6.45) is 0.376. The number of ether oxygens (including phenoxy) is 1. The number of aryl methyl sites for hydroxylation is 2. The molecular weight excluding hydrogens is 384 g/mol. The van der Waals surface area contributed by atoms with Crippen molar-refractivity contribution < 1.29 is 9.53 Å². The molecule has 4 aromatic rings. The Balaban J connectivity index is 1.28. The smallest absolute Gasteiger partial charge is 0.224 e. The van der Waals surface area contributed by atoms with Gasteiger partial charge in [0.15, 0.2) is 0 Å². The van der Waals surface area contributed by atoms with Crippen molar-refractivity contribution in [3.63, 3.8) is 0 Å². The number of benzene rings is 3. The summed E-state index contributed by atoms with van der Waals surface area (Å²) in [6, 6.07) is 24.6. The Kier molecular flexibility index (Phi) is 6.48. The maximum atomic E-state index is 12.6. The van der Waals surface area contributed by atoms with Gasteiger partial charge in [0.25, 0.3) is 0 Å². The lowest BCUT2D eigenvalue weighted by atomic mass is 10.1. The van der Waals surface area contributed by atoms with Crippen LogP contribution in [-0.2, 0) is 35.7 Å². The van der Waals surface area contributed by atoms with Gasteiger partial charge in [-0.3, -0.25) is 4.79 Å². The standard InChI is InChI=1S/C27H28N2O2/c1-19-8-13-26-25(14-19)24(20(2)29-26)15-27(30)28-16-21-9-11-23(12-10-21)18-31-17-22-6-4-3-5-7-22/h3-14,29H,15-18H2,1-2H3,(H,28,30). The number of amides is 1. The molecule has 0 radical (unpaired) electrons. The minimum Gasteiger partial charge on any atom is -0.372 e. The van der Waals surface area contributed by atoms with E-state index in [1.165, 1.54) is 11.1 Å². The van der Waals surface area contributed by atoms with E-state index in [1.54, 1.807) is 0 Å². The van der Waals surface area contributed by atoms with Gasteiger partial charge in [-0.25, -0.2) is 0 Å². The van der Waals surface area contributed by atoms with E-state index in [1.807, 2.05) is 37.3 Å². The predicted octanol–water partition coefficient (Wildman–Crippen LogP) is 5.36. The van der Waals surface area contributed by atoms with Gasteiger partial charge in [-0.15, -0.1) is 0 Å². The van der Waals surface area contributed by atoms with E-state index >= 15 is 0 Å². The van der Waals surface area contributed by atoms with Crippen molar-refractivity contribution in [2.45, 2.75) is 40.0 Å². The number of fused-ring (bicyclic) bond motifs is 1. The van der Waals surface area contributed by atoms with E-state index in [0.717, 1.165) is 33.3 Å². The van der Waals surface area contributed by atoms with Crippen LogP contribution in [-0.4, -0.2) is 10.9 Å². The fourth-order valence-corrected chi connectivity index (χ4v) is 3.76. The first-order chi connectivity index (χ1) is 15.1. The number of hydrogen-bond donors (Lipinski definition) is 2. The van der Waals surface area contributed by atoms with Crippen molar-refractivity contribution in [1.29, 1.82) is 0 Å². The van der Waals surface area contributed by atoms with Crippen molar-refractivity contribution in [2.75, 3.05) is 0 Å². The van der Waals surface area contributed by atoms with Crippen LogP contribution >= 0.6 is 0 Å².